The standard InChI is InChI=1S/C16H21BrN2O5/c1-10-4-3-5-11(2)19(10)14(20)9-23-15(21)8-18-16(22)12-6-7-13(17)24-12/h6-7,10-11H,3-5,8-9H2,1-2H3,(H,18,22)/t10-,11-/m0/s1. The van der Waals surface area contributed by atoms with Gasteiger partial charge in [0, 0.05) is 12.1 Å². The molecule has 2 rings (SSSR count). The third kappa shape index (κ3) is 4.83. The summed E-state index contributed by atoms with van der Waals surface area (Å²) in [6.07, 6.45) is 3.01. The largest absolute Gasteiger partial charge is 0.454 e. The second kappa shape index (κ2) is 8.32. The highest BCUT2D eigenvalue weighted by Gasteiger charge is 2.29. The van der Waals surface area contributed by atoms with Crippen molar-refractivity contribution in [2.45, 2.75) is 45.2 Å². The molecule has 0 aliphatic carbocycles. The summed E-state index contributed by atoms with van der Waals surface area (Å²) in [7, 11) is 0. The molecule has 1 aliphatic heterocycles. The number of furan rings is 1. The Bertz CT molecular complexity index is 605. The van der Waals surface area contributed by atoms with Gasteiger partial charge in [-0.1, -0.05) is 0 Å². The fourth-order valence-electron chi connectivity index (χ4n) is 2.86. The molecule has 0 radical (unpaired) electrons. The van der Waals surface area contributed by atoms with E-state index in [1.165, 1.54) is 6.07 Å². The van der Waals surface area contributed by atoms with Crippen LogP contribution in [0.4, 0.5) is 0 Å². The average Bonchev–Trinajstić information content (AvgIpc) is 2.97. The molecule has 1 aromatic heterocycles. The zero-order chi connectivity index (χ0) is 17.7. The number of hydrogen-bond donors (Lipinski definition) is 1. The third-order valence-corrected chi connectivity index (χ3v) is 4.45. The normalized spacial score (nSPS) is 20.5. The lowest BCUT2D eigenvalue weighted by Crippen LogP contribution is -2.49. The molecule has 1 fully saturated rings. The molecule has 7 nitrogen and oxygen atoms in total. The third-order valence-electron chi connectivity index (χ3n) is 4.03. The fraction of sp³-hybridized carbons (Fsp3) is 0.562. The predicted molar refractivity (Wildman–Crippen MR) is 89.3 cm³/mol. The molecule has 0 aromatic carbocycles. The number of piperidine rings is 1. The van der Waals surface area contributed by atoms with Crippen molar-refractivity contribution in [3.63, 3.8) is 0 Å². The maximum atomic E-state index is 12.2. The molecule has 8 heteroatoms. The van der Waals surface area contributed by atoms with Crippen LogP contribution in [-0.2, 0) is 14.3 Å². The number of rotatable bonds is 5. The van der Waals surface area contributed by atoms with Crippen LogP contribution in [0.3, 0.4) is 0 Å². The highest BCUT2D eigenvalue weighted by Crippen LogP contribution is 2.22. The monoisotopic (exact) mass is 400 g/mol. The molecule has 0 saturated carbocycles. The van der Waals surface area contributed by atoms with Gasteiger partial charge < -0.3 is 19.4 Å². The summed E-state index contributed by atoms with van der Waals surface area (Å²) >= 11 is 3.09. The second-order valence-electron chi connectivity index (χ2n) is 5.88. The summed E-state index contributed by atoms with van der Waals surface area (Å²) in [5.41, 5.74) is 0. The van der Waals surface area contributed by atoms with Crippen LogP contribution in [-0.4, -0.2) is 47.9 Å². The Labute approximate surface area is 148 Å². The number of nitrogens with zero attached hydrogens (tertiary/aromatic N) is 1. The van der Waals surface area contributed by atoms with E-state index in [0.29, 0.717) is 4.67 Å². The van der Waals surface area contributed by atoms with Crippen LogP contribution in [0, 0.1) is 0 Å². The van der Waals surface area contributed by atoms with E-state index < -0.39 is 11.9 Å². The Hall–Kier alpha value is -1.83. The number of amides is 2. The Morgan fingerprint density at radius 1 is 1.29 bits per heavy atom. The SMILES string of the molecule is C[C@H]1CCC[C@H](C)N1C(=O)COC(=O)CNC(=O)c1ccc(Br)o1. The number of ether oxygens (including phenoxy) is 1. The van der Waals surface area contributed by atoms with Gasteiger partial charge >= 0.3 is 5.97 Å². The lowest BCUT2D eigenvalue weighted by atomic mass is 9.97. The summed E-state index contributed by atoms with van der Waals surface area (Å²) in [6, 6.07) is 3.36. The van der Waals surface area contributed by atoms with Crippen LogP contribution in [0.5, 0.6) is 0 Å². The lowest BCUT2D eigenvalue weighted by molar-refractivity contribution is -0.154. The molecular formula is C16H21BrN2O5. The zero-order valence-electron chi connectivity index (χ0n) is 13.7. The van der Waals surface area contributed by atoms with Crippen molar-refractivity contribution in [2.24, 2.45) is 0 Å². The first-order valence-electron chi connectivity index (χ1n) is 7.88. The van der Waals surface area contributed by atoms with Gasteiger partial charge in [-0.2, -0.15) is 0 Å². The highest BCUT2D eigenvalue weighted by atomic mass is 79.9. The van der Waals surface area contributed by atoms with Crippen molar-refractivity contribution in [3.8, 4) is 0 Å². The van der Waals surface area contributed by atoms with Crippen LogP contribution < -0.4 is 5.32 Å². The maximum absolute atomic E-state index is 12.2. The summed E-state index contributed by atoms with van der Waals surface area (Å²) in [5, 5.41) is 2.38. The molecule has 0 bridgehead atoms. The van der Waals surface area contributed by atoms with Crippen molar-refractivity contribution in [3.05, 3.63) is 22.6 Å². The van der Waals surface area contributed by atoms with Gasteiger partial charge in [-0.3, -0.25) is 14.4 Å². The van der Waals surface area contributed by atoms with Gasteiger partial charge in [0.05, 0.1) is 0 Å². The Kier molecular flexibility index (Phi) is 6.42. The van der Waals surface area contributed by atoms with Gasteiger partial charge in [0.1, 0.15) is 6.54 Å². The van der Waals surface area contributed by atoms with Gasteiger partial charge in [0.2, 0.25) is 0 Å². The van der Waals surface area contributed by atoms with Crippen molar-refractivity contribution in [1.82, 2.24) is 10.2 Å². The van der Waals surface area contributed by atoms with Gasteiger partial charge in [-0.05, 0) is 61.2 Å². The number of carbonyl (C=O) groups excluding carboxylic acids is 3. The fourth-order valence-corrected chi connectivity index (χ4v) is 3.16. The van der Waals surface area contributed by atoms with Crippen LogP contribution in [0.25, 0.3) is 0 Å². The second-order valence-corrected chi connectivity index (χ2v) is 6.66. The molecule has 24 heavy (non-hydrogen) atoms. The summed E-state index contributed by atoms with van der Waals surface area (Å²) in [5.74, 6) is -1.31. The number of hydrogen-bond acceptors (Lipinski definition) is 5. The first-order chi connectivity index (χ1) is 11.4. The average molecular weight is 401 g/mol. The van der Waals surface area contributed by atoms with Gasteiger partial charge in [0.25, 0.3) is 11.8 Å². The molecule has 0 unspecified atom stereocenters. The number of halogens is 1. The molecule has 1 N–H and O–H groups in total. The minimum atomic E-state index is -0.667. The van der Waals surface area contributed by atoms with Gasteiger partial charge in [-0.15, -0.1) is 0 Å². The van der Waals surface area contributed by atoms with E-state index >= 15 is 0 Å². The van der Waals surface area contributed by atoms with E-state index in [4.69, 9.17) is 9.15 Å². The Morgan fingerprint density at radius 2 is 1.96 bits per heavy atom. The van der Waals surface area contributed by atoms with Crippen molar-refractivity contribution in [2.75, 3.05) is 13.2 Å². The molecule has 1 saturated heterocycles. The lowest BCUT2D eigenvalue weighted by Gasteiger charge is -2.38. The van der Waals surface area contributed by atoms with Gasteiger partial charge in [-0.25, -0.2) is 0 Å². The topological polar surface area (TPSA) is 88.9 Å². The van der Waals surface area contributed by atoms with E-state index in [0.717, 1.165) is 19.3 Å². The number of esters is 1. The number of carbonyl (C=O) groups is 3. The van der Waals surface area contributed by atoms with E-state index in [-0.39, 0.29) is 36.9 Å². The Morgan fingerprint density at radius 3 is 2.54 bits per heavy atom. The van der Waals surface area contributed by atoms with Crippen LogP contribution in [0.2, 0.25) is 0 Å². The zero-order valence-corrected chi connectivity index (χ0v) is 15.3. The smallest absolute Gasteiger partial charge is 0.325 e. The molecule has 132 valence electrons. The van der Waals surface area contributed by atoms with Crippen molar-refractivity contribution < 1.29 is 23.5 Å². The van der Waals surface area contributed by atoms with Crippen LogP contribution in [0.15, 0.2) is 21.2 Å². The molecule has 0 spiro atoms. The first kappa shape index (κ1) is 18.5. The Balaban J connectivity index is 1.74. The van der Waals surface area contributed by atoms with Crippen molar-refractivity contribution >= 4 is 33.7 Å². The molecule has 1 aliphatic rings. The number of likely N-dealkylation sites (tertiary alicyclic amines) is 1. The van der Waals surface area contributed by atoms with Gasteiger partial charge in [0.15, 0.2) is 17.0 Å². The highest BCUT2D eigenvalue weighted by molar-refractivity contribution is 9.10. The first-order valence-corrected chi connectivity index (χ1v) is 8.68. The minimum absolute atomic E-state index is 0.0849. The maximum Gasteiger partial charge on any atom is 0.325 e. The van der Waals surface area contributed by atoms with Crippen LogP contribution in [0.1, 0.15) is 43.7 Å². The van der Waals surface area contributed by atoms with Crippen LogP contribution >= 0.6 is 15.9 Å². The molecular weight excluding hydrogens is 380 g/mol. The quantitative estimate of drug-likeness (QED) is 0.764. The number of nitrogens with one attached hydrogen (secondary N) is 1. The minimum Gasteiger partial charge on any atom is -0.454 e. The molecule has 2 atom stereocenters. The summed E-state index contributed by atoms with van der Waals surface area (Å²) in [4.78, 5) is 37.4. The summed E-state index contributed by atoms with van der Waals surface area (Å²) < 4.78 is 10.5. The van der Waals surface area contributed by atoms with E-state index in [1.807, 2.05) is 13.8 Å². The molecule has 2 amide bonds. The van der Waals surface area contributed by atoms with Crippen molar-refractivity contribution in [1.29, 1.82) is 0 Å². The van der Waals surface area contributed by atoms with E-state index in [2.05, 4.69) is 21.2 Å². The predicted octanol–water partition coefficient (Wildman–Crippen LogP) is 2.10. The molecule has 2 heterocycles. The van der Waals surface area contributed by atoms with E-state index in [9.17, 15) is 14.4 Å². The summed E-state index contributed by atoms with van der Waals surface area (Å²) in [6.45, 7) is 3.36. The molecule has 1 aromatic rings. The van der Waals surface area contributed by atoms with E-state index in [1.54, 1.807) is 11.0 Å².